The van der Waals surface area contributed by atoms with Crippen molar-refractivity contribution in [3.8, 4) is 5.75 Å². The number of ether oxygens (including phenoxy) is 1. The summed E-state index contributed by atoms with van der Waals surface area (Å²) in [6.45, 7) is 13.2. The van der Waals surface area contributed by atoms with Gasteiger partial charge in [-0.3, -0.25) is 4.79 Å². The highest BCUT2D eigenvalue weighted by Crippen LogP contribution is 2.10. The number of methoxy groups -OCH3 is 1. The van der Waals surface area contributed by atoms with Gasteiger partial charge in [0, 0.05) is 19.1 Å². The van der Waals surface area contributed by atoms with Crippen molar-refractivity contribution < 1.29 is 9.53 Å². The van der Waals surface area contributed by atoms with Gasteiger partial charge in [-0.05, 0) is 64.0 Å². The van der Waals surface area contributed by atoms with Crippen molar-refractivity contribution in [2.45, 2.75) is 53.1 Å². The molecule has 7 heteroatoms. The van der Waals surface area contributed by atoms with Crippen LogP contribution in [0.25, 0.3) is 0 Å². The largest absolute Gasteiger partial charge is 0.497 e. The van der Waals surface area contributed by atoms with Gasteiger partial charge in [0.2, 0.25) is 5.91 Å². The standard InChI is InChI=1S/C22H39N5O2/c1-6-23-22(26-18(4)10-9-15-27(7-2)8-3)25-17-21(28)24-16-19-11-13-20(29-5)14-12-19/h11-14,18H,6-10,15-17H2,1-5H3,(H,24,28)(H2,23,25,26). The Morgan fingerprint density at radius 1 is 1.14 bits per heavy atom. The van der Waals surface area contributed by atoms with Crippen LogP contribution in [0.2, 0.25) is 0 Å². The minimum Gasteiger partial charge on any atom is -0.497 e. The first-order valence-electron chi connectivity index (χ1n) is 10.7. The SMILES string of the molecule is CCNC(=NCC(=O)NCc1ccc(OC)cc1)NC(C)CCCN(CC)CC. The number of guanidine groups is 1. The van der Waals surface area contributed by atoms with E-state index >= 15 is 0 Å². The maximum Gasteiger partial charge on any atom is 0.242 e. The number of amides is 1. The summed E-state index contributed by atoms with van der Waals surface area (Å²) < 4.78 is 5.14. The quantitative estimate of drug-likeness (QED) is 0.347. The Hall–Kier alpha value is -2.28. The molecule has 1 unspecified atom stereocenters. The van der Waals surface area contributed by atoms with Crippen LogP contribution in [0, 0.1) is 0 Å². The zero-order valence-electron chi connectivity index (χ0n) is 18.8. The molecule has 0 fully saturated rings. The molecule has 0 bridgehead atoms. The molecule has 1 rings (SSSR count). The summed E-state index contributed by atoms with van der Waals surface area (Å²) in [6.07, 6.45) is 2.20. The Kier molecular flexibility index (Phi) is 12.5. The van der Waals surface area contributed by atoms with E-state index in [0.717, 1.165) is 50.3 Å². The molecule has 0 saturated heterocycles. The summed E-state index contributed by atoms with van der Waals surface area (Å²) in [5.41, 5.74) is 1.02. The molecule has 0 aromatic heterocycles. The van der Waals surface area contributed by atoms with Crippen molar-refractivity contribution in [3.05, 3.63) is 29.8 Å². The van der Waals surface area contributed by atoms with Gasteiger partial charge in [0.05, 0.1) is 7.11 Å². The molecule has 0 spiro atoms. The van der Waals surface area contributed by atoms with E-state index in [1.165, 1.54) is 0 Å². The van der Waals surface area contributed by atoms with E-state index in [4.69, 9.17) is 4.74 Å². The highest BCUT2D eigenvalue weighted by Gasteiger charge is 2.08. The molecule has 1 aromatic carbocycles. The van der Waals surface area contributed by atoms with Crippen LogP contribution in [-0.2, 0) is 11.3 Å². The lowest BCUT2D eigenvalue weighted by Crippen LogP contribution is -2.43. The number of aliphatic imine (C=N–C) groups is 1. The van der Waals surface area contributed by atoms with Gasteiger partial charge in [-0.2, -0.15) is 0 Å². The lowest BCUT2D eigenvalue weighted by molar-refractivity contribution is -0.119. The number of nitrogens with one attached hydrogen (secondary N) is 3. The van der Waals surface area contributed by atoms with Gasteiger partial charge in [-0.1, -0.05) is 26.0 Å². The van der Waals surface area contributed by atoms with E-state index in [0.29, 0.717) is 18.5 Å². The van der Waals surface area contributed by atoms with Crippen LogP contribution in [0.3, 0.4) is 0 Å². The zero-order valence-corrected chi connectivity index (χ0v) is 18.8. The summed E-state index contributed by atoms with van der Waals surface area (Å²) in [5, 5.41) is 9.51. The minimum absolute atomic E-state index is 0.0949. The van der Waals surface area contributed by atoms with Gasteiger partial charge >= 0.3 is 0 Å². The predicted molar refractivity (Wildman–Crippen MR) is 120 cm³/mol. The number of rotatable bonds is 13. The third-order valence-corrected chi connectivity index (χ3v) is 4.76. The lowest BCUT2D eigenvalue weighted by Gasteiger charge is -2.21. The van der Waals surface area contributed by atoms with E-state index < -0.39 is 0 Å². The van der Waals surface area contributed by atoms with Gasteiger partial charge in [0.25, 0.3) is 0 Å². The Morgan fingerprint density at radius 2 is 1.83 bits per heavy atom. The maximum absolute atomic E-state index is 12.1. The first kappa shape index (κ1) is 24.8. The van der Waals surface area contributed by atoms with Gasteiger partial charge in [-0.15, -0.1) is 0 Å². The van der Waals surface area contributed by atoms with Crippen LogP contribution in [0.15, 0.2) is 29.3 Å². The average Bonchev–Trinajstić information content (AvgIpc) is 2.74. The van der Waals surface area contributed by atoms with Gasteiger partial charge in [0.15, 0.2) is 5.96 Å². The molecule has 164 valence electrons. The highest BCUT2D eigenvalue weighted by atomic mass is 16.5. The smallest absolute Gasteiger partial charge is 0.242 e. The summed E-state index contributed by atoms with van der Waals surface area (Å²) in [5.74, 6) is 1.38. The Bertz CT molecular complexity index is 600. The third kappa shape index (κ3) is 10.7. The fourth-order valence-electron chi connectivity index (χ4n) is 2.94. The molecule has 0 aliphatic carbocycles. The molecular weight excluding hydrogens is 366 g/mol. The summed E-state index contributed by atoms with van der Waals surface area (Å²) in [6, 6.07) is 7.94. The molecule has 0 aliphatic heterocycles. The van der Waals surface area contributed by atoms with E-state index in [1.54, 1.807) is 7.11 Å². The van der Waals surface area contributed by atoms with Crippen molar-refractivity contribution in [1.29, 1.82) is 0 Å². The fourth-order valence-corrected chi connectivity index (χ4v) is 2.94. The van der Waals surface area contributed by atoms with Crippen LogP contribution >= 0.6 is 0 Å². The molecule has 0 radical (unpaired) electrons. The molecule has 0 saturated carbocycles. The monoisotopic (exact) mass is 405 g/mol. The van der Waals surface area contributed by atoms with Crippen LogP contribution in [0.4, 0.5) is 0 Å². The van der Waals surface area contributed by atoms with Crippen LogP contribution in [-0.4, -0.2) is 62.6 Å². The molecule has 7 nitrogen and oxygen atoms in total. The van der Waals surface area contributed by atoms with Gasteiger partial charge in [0.1, 0.15) is 12.3 Å². The number of benzene rings is 1. The predicted octanol–water partition coefficient (Wildman–Crippen LogP) is 2.38. The van der Waals surface area contributed by atoms with E-state index in [-0.39, 0.29) is 12.5 Å². The van der Waals surface area contributed by atoms with Gasteiger partial charge in [-0.25, -0.2) is 4.99 Å². The first-order chi connectivity index (χ1) is 14.0. The van der Waals surface area contributed by atoms with Crippen LogP contribution in [0.1, 0.15) is 46.1 Å². The highest BCUT2D eigenvalue weighted by molar-refractivity contribution is 5.85. The van der Waals surface area contributed by atoms with E-state index in [2.05, 4.69) is 46.6 Å². The lowest BCUT2D eigenvalue weighted by atomic mass is 10.2. The topological polar surface area (TPSA) is 78.0 Å². The molecule has 29 heavy (non-hydrogen) atoms. The minimum atomic E-state index is -0.104. The summed E-state index contributed by atoms with van der Waals surface area (Å²) >= 11 is 0. The van der Waals surface area contributed by atoms with Crippen molar-refractivity contribution >= 4 is 11.9 Å². The number of hydrogen-bond acceptors (Lipinski definition) is 4. The fraction of sp³-hybridized carbons (Fsp3) is 0.636. The normalized spacial score (nSPS) is 12.6. The third-order valence-electron chi connectivity index (χ3n) is 4.76. The van der Waals surface area contributed by atoms with Crippen molar-refractivity contribution in [2.24, 2.45) is 4.99 Å². The van der Waals surface area contributed by atoms with E-state index in [1.807, 2.05) is 31.2 Å². The number of hydrogen-bond donors (Lipinski definition) is 3. The Balaban J connectivity index is 2.41. The zero-order chi connectivity index (χ0) is 21.5. The molecule has 0 aliphatic rings. The molecule has 1 aromatic rings. The van der Waals surface area contributed by atoms with Crippen molar-refractivity contribution in [3.63, 3.8) is 0 Å². The molecule has 3 N–H and O–H groups in total. The van der Waals surface area contributed by atoms with E-state index in [9.17, 15) is 4.79 Å². The number of carbonyl (C=O) groups is 1. The first-order valence-corrected chi connectivity index (χ1v) is 10.7. The molecule has 0 heterocycles. The Labute approximate surface area is 176 Å². The van der Waals surface area contributed by atoms with Gasteiger partial charge < -0.3 is 25.6 Å². The molecule has 1 amide bonds. The number of carbonyl (C=O) groups excluding carboxylic acids is 1. The van der Waals surface area contributed by atoms with Crippen LogP contribution in [0.5, 0.6) is 5.75 Å². The second-order valence-corrected chi connectivity index (χ2v) is 7.03. The molecule has 1 atom stereocenters. The van der Waals surface area contributed by atoms with Crippen molar-refractivity contribution in [2.75, 3.05) is 39.8 Å². The summed E-state index contributed by atoms with van der Waals surface area (Å²) in [4.78, 5) is 19.0. The summed E-state index contributed by atoms with van der Waals surface area (Å²) in [7, 11) is 1.64. The van der Waals surface area contributed by atoms with Crippen molar-refractivity contribution in [1.82, 2.24) is 20.9 Å². The van der Waals surface area contributed by atoms with Crippen LogP contribution < -0.4 is 20.7 Å². The maximum atomic E-state index is 12.1. The average molecular weight is 406 g/mol. The number of nitrogens with zero attached hydrogens (tertiary/aromatic N) is 2. The Morgan fingerprint density at radius 3 is 2.41 bits per heavy atom. The second-order valence-electron chi connectivity index (χ2n) is 7.03. The second kappa shape index (κ2) is 14.7. The molecular formula is C22H39N5O2.